The highest BCUT2D eigenvalue weighted by Crippen LogP contribution is 2.42. The predicted octanol–water partition coefficient (Wildman–Crippen LogP) is 2.84. The van der Waals surface area contributed by atoms with E-state index >= 15 is 0 Å². The number of fused-ring (bicyclic) bond motifs is 1. The first kappa shape index (κ1) is 16.1. The zero-order valence-electron chi connectivity index (χ0n) is 13.9. The summed E-state index contributed by atoms with van der Waals surface area (Å²) in [5, 5.41) is 3.67. The van der Waals surface area contributed by atoms with Crippen LogP contribution in [0.4, 0.5) is 0 Å². The minimum atomic E-state index is -0.116. The maximum absolute atomic E-state index is 6.24. The highest BCUT2D eigenvalue weighted by Gasteiger charge is 2.35. The van der Waals surface area contributed by atoms with Crippen molar-refractivity contribution >= 4 is 0 Å². The van der Waals surface area contributed by atoms with Crippen molar-refractivity contribution in [3.63, 3.8) is 0 Å². The van der Waals surface area contributed by atoms with Crippen LogP contribution in [0.15, 0.2) is 18.2 Å². The van der Waals surface area contributed by atoms with Crippen LogP contribution in [0.2, 0.25) is 0 Å². The van der Waals surface area contributed by atoms with Gasteiger partial charge in [-0.3, -0.25) is 0 Å². The number of hydrogen-bond donors (Lipinski definition) is 1. The van der Waals surface area contributed by atoms with Gasteiger partial charge in [-0.25, -0.2) is 0 Å². The van der Waals surface area contributed by atoms with Crippen LogP contribution in [0.1, 0.15) is 38.3 Å². The van der Waals surface area contributed by atoms with E-state index in [0.717, 1.165) is 37.4 Å². The number of hydrogen-bond acceptors (Lipinski definition) is 4. The molecule has 4 nitrogen and oxygen atoms in total. The molecule has 0 radical (unpaired) electrons. The second kappa shape index (κ2) is 6.67. The van der Waals surface area contributed by atoms with E-state index in [1.54, 1.807) is 7.11 Å². The van der Waals surface area contributed by atoms with Crippen molar-refractivity contribution in [1.29, 1.82) is 0 Å². The average Bonchev–Trinajstić information content (AvgIpc) is 2.46. The fourth-order valence-corrected chi connectivity index (χ4v) is 2.73. The lowest BCUT2D eigenvalue weighted by Gasteiger charge is -2.40. The molecule has 2 rings (SSSR count). The quantitative estimate of drug-likeness (QED) is 0.874. The second-order valence-corrected chi connectivity index (χ2v) is 6.32. The Morgan fingerprint density at radius 1 is 1.43 bits per heavy atom. The highest BCUT2D eigenvalue weighted by atomic mass is 16.5. The van der Waals surface area contributed by atoms with Gasteiger partial charge in [0.05, 0.1) is 7.11 Å². The normalized spacial score (nSPS) is 24.6. The van der Waals surface area contributed by atoms with Gasteiger partial charge in [-0.1, -0.05) is 13.0 Å². The standard InChI is InChI=1S/C17H28N2O2/c1-6-17(2)12-15(18-9-10-19(3)4)14-8-7-13(20-5)11-16(14)21-17/h7-8,11,15,18H,6,9-10,12H2,1-5H3. The summed E-state index contributed by atoms with van der Waals surface area (Å²) in [7, 11) is 5.89. The van der Waals surface area contributed by atoms with E-state index in [4.69, 9.17) is 9.47 Å². The first-order valence-corrected chi connectivity index (χ1v) is 7.72. The van der Waals surface area contributed by atoms with Crippen molar-refractivity contribution < 1.29 is 9.47 Å². The SMILES string of the molecule is CCC1(C)CC(NCCN(C)C)c2ccc(OC)cc2O1. The Kier molecular flexibility index (Phi) is 5.12. The zero-order valence-corrected chi connectivity index (χ0v) is 13.9. The molecule has 0 aromatic heterocycles. The predicted molar refractivity (Wildman–Crippen MR) is 86.2 cm³/mol. The number of rotatable bonds is 6. The minimum Gasteiger partial charge on any atom is -0.497 e. The summed E-state index contributed by atoms with van der Waals surface area (Å²) in [5.41, 5.74) is 1.12. The highest BCUT2D eigenvalue weighted by molar-refractivity contribution is 5.44. The first-order chi connectivity index (χ1) is 9.97. The van der Waals surface area contributed by atoms with Crippen LogP contribution in [0.25, 0.3) is 0 Å². The number of ether oxygens (including phenoxy) is 2. The molecule has 118 valence electrons. The van der Waals surface area contributed by atoms with E-state index in [0.29, 0.717) is 6.04 Å². The molecule has 1 aromatic rings. The average molecular weight is 292 g/mol. The Labute approximate surface area is 128 Å². The van der Waals surface area contributed by atoms with E-state index in [1.165, 1.54) is 5.56 Å². The van der Waals surface area contributed by atoms with Gasteiger partial charge in [-0.15, -0.1) is 0 Å². The van der Waals surface area contributed by atoms with Crippen LogP contribution in [-0.4, -0.2) is 44.8 Å². The summed E-state index contributed by atoms with van der Waals surface area (Å²) in [4.78, 5) is 2.19. The molecule has 0 saturated heterocycles. The third-order valence-corrected chi connectivity index (χ3v) is 4.29. The smallest absolute Gasteiger partial charge is 0.128 e. The molecular formula is C17H28N2O2. The molecule has 0 saturated carbocycles. The van der Waals surface area contributed by atoms with Gasteiger partial charge in [0.1, 0.15) is 17.1 Å². The molecule has 0 amide bonds. The maximum Gasteiger partial charge on any atom is 0.128 e. The van der Waals surface area contributed by atoms with Crippen molar-refractivity contribution in [3.05, 3.63) is 23.8 Å². The van der Waals surface area contributed by atoms with Crippen molar-refractivity contribution in [2.75, 3.05) is 34.3 Å². The Morgan fingerprint density at radius 2 is 2.19 bits per heavy atom. The molecule has 21 heavy (non-hydrogen) atoms. The van der Waals surface area contributed by atoms with Crippen LogP contribution >= 0.6 is 0 Å². The number of nitrogens with zero attached hydrogens (tertiary/aromatic N) is 1. The van der Waals surface area contributed by atoms with Crippen LogP contribution in [0.5, 0.6) is 11.5 Å². The van der Waals surface area contributed by atoms with E-state index in [9.17, 15) is 0 Å². The summed E-state index contributed by atoms with van der Waals surface area (Å²) >= 11 is 0. The molecule has 4 heteroatoms. The van der Waals surface area contributed by atoms with Gasteiger partial charge in [0.15, 0.2) is 0 Å². The Morgan fingerprint density at radius 3 is 2.81 bits per heavy atom. The lowest BCUT2D eigenvalue weighted by atomic mass is 9.86. The molecule has 1 aliphatic rings. The van der Waals surface area contributed by atoms with Crippen LogP contribution in [-0.2, 0) is 0 Å². The topological polar surface area (TPSA) is 33.7 Å². The van der Waals surface area contributed by atoms with Gasteiger partial charge < -0.3 is 19.7 Å². The molecular weight excluding hydrogens is 264 g/mol. The fraction of sp³-hybridized carbons (Fsp3) is 0.647. The van der Waals surface area contributed by atoms with E-state index < -0.39 is 0 Å². The Bertz CT molecular complexity index is 476. The minimum absolute atomic E-state index is 0.116. The molecule has 1 aromatic carbocycles. The molecule has 2 unspecified atom stereocenters. The van der Waals surface area contributed by atoms with E-state index in [1.807, 2.05) is 12.1 Å². The molecule has 0 aliphatic carbocycles. The summed E-state index contributed by atoms with van der Waals surface area (Å²) in [6, 6.07) is 6.47. The molecule has 0 bridgehead atoms. The van der Waals surface area contributed by atoms with Gasteiger partial charge in [-0.05, 0) is 33.5 Å². The fourth-order valence-electron chi connectivity index (χ4n) is 2.73. The van der Waals surface area contributed by atoms with Gasteiger partial charge in [-0.2, -0.15) is 0 Å². The Balaban J connectivity index is 2.20. The number of methoxy groups -OCH3 is 1. The molecule has 0 spiro atoms. The van der Waals surface area contributed by atoms with E-state index in [-0.39, 0.29) is 5.60 Å². The number of nitrogens with one attached hydrogen (secondary N) is 1. The van der Waals surface area contributed by atoms with Gasteiger partial charge in [0.25, 0.3) is 0 Å². The summed E-state index contributed by atoms with van der Waals surface area (Å²) in [5.74, 6) is 1.80. The monoisotopic (exact) mass is 292 g/mol. The van der Waals surface area contributed by atoms with Crippen LogP contribution in [0.3, 0.4) is 0 Å². The van der Waals surface area contributed by atoms with Crippen molar-refractivity contribution in [3.8, 4) is 11.5 Å². The largest absolute Gasteiger partial charge is 0.497 e. The molecule has 2 atom stereocenters. The summed E-state index contributed by atoms with van der Waals surface area (Å²) in [6.45, 7) is 6.38. The lowest BCUT2D eigenvalue weighted by Crippen LogP contribution is -2.42. The van der Waals surface area contributed by atoms with Crippen molar-refractivity contribution in [2.24, 2.45) is 0 Å². The van der Waals surface area contributed by atoms with Gasteiger partial charge >= 0.3 is 0 Å². The van der Waals surface area contributed by atoms with Crippen LogP contribution in [0, 0.1) is 0 Å². The number of likely N-dealkylation sites (N-methyl/N-ethyl adjacent to an activating group) is 1. The summed E-state index contributed by atoms with van der Waals surface area (Å²) in [6.07, 6.45) is 1.99. The Hall–Kier alpha value is -1.26. The molecule has 0 fully saturated rings. The molecule has 1 N–H and O–H groups in total. The first-order valence-electron chi connectivity index (χ1n) is 7.72. The number of benzene rings is 1. The van der Waals surface area contributed by atoms with E-state index in [2.05, 4.69) is 44.2 Å². The maximum atomic E-state index is 6.24. The van der Waals surface area contributed by atoms with Gasteiger partial charge in [0.2, 0.25) is 0 Å². The van der Waals surface area contributed by atoms with Crippen molar-refractivity contribution in [2.45, 2.75) is 38.3 Å². The molecule has 1 heterocycles. The second-order valence-electron chi connectivity index (χ2n) is 6.32. The lowest BCUT2D eigenvalue weighted by molar-refractivity contribution is 0.0438. The zero-order chi connectivity index (χ0) is 15.5. The van der Waals surface area contributed by atoms with Crippen molar-refractivity contribution in [1.82, 2.24) is 10.2 Å². The summed E-state index contributed by atoms with van der Waals surface area (Å²) < 4.78 is 11.6. The molecule has 1 aliphatic heterocycles. The van der Waals surface area contributed by atoms with Gasteiger partial charge in [0, 0.05) is 37.2 Å². The van der Waals surface area contributed by atoms with Crippen LogP contribution < -0.4 is 14.8 Å². The third kappa shape index (κ3) is 3.89. The third-order valence-electron chi connectivity index (χ3n) is 4.29.